The summed E-state index contributed by atoms with van der Waals surface area (Å²) >= 11 is 2.59. The maximum atomic E-state index is 12.2. The lowest BCUT2D eigenvalue weighted by Crippen LogP contribution is -2.17. The van der Waals surface area contributed by atoms with Gasteiger partial charge in [-0.3, -0.25) is 9.59 Å². The Kier molecular flexibility index (Phi) is 7.00. The second kappa shape index (κ2) is 9.66. The summed E-state index contributed by atoms with van der Waals surface area (Å²) in [5.74, 6) is 0.750. The third-order valence-electron chi connectivity index (χ3n) is 4.14. The molecule has 0 spiro atoms. The second-order valence-electron chi connectivity index (χ2n) is 6.36. The van der Waals surface area contributed by atoms with E-state index in [0.29, 0.717) is 31.1 Å². The van der Waals surface area contributed by atoms with E-state index in [2.05, 4.69) is 17.2 Å². The van der Waals surface area contributed by atoms with E-state index in [1.165, 1.54) is 22.7 Å². The number of anilines is 1. The molecule has 3 rings (SSSR count). The standard InChI is InChI=1S/C20H23N3O3S2/c1-3-11-26-16-8-6-15(7-9-16)17-13-27-19(21-17)22-18(24)5-4-10-23-14(2)12-28-20(23)25/h6-9,12-13H,3-5,10-11H2,1-2H3,(H,21,22,24). The van der Waals surface area contributed by atoms with E-state index in [0.717, 1.165) is 29.1 Å². The number of nitrogens with zero attached hydrogens (tertiary/aromatic N) is 2. The molecule has 1 amide bonds. The maximum absolute atomic E-state index is 12.2. The summed E-state index contributed by atoms with van der Waals surface area (Å²) in [7, 11) is 0. The van der Waals surface area contributed by atoms with Gasteiger partial charge in [-0.2, -0.15) is 0 Å². The minimum absolute atomic E-state index is 0.0218. The van der Waals surface area contributed by atoms with Gasteiger partial charge in [0.05, 0.1) is 12.3 Å². The van der Waals surface area contributed by atoms with E-state index in [9.17, 15) is 9.59 Å². The first-order valence-electron chi connectivity index (χ1n) is 9.20. The predicted octanol–water partition coefficient (Wildman–Crippen LogP) is 4.55. The number of thiazole rings is 2. The van der Waals surface area contributed by atoms with Gasteiger partial charge in [-0.25, -0.2) is 4.98 Å². The van der Waals surface area contributed by atoms with Gasteiger partial charge in [0, 0.05) is 35.0 Å². The van der Waals surface area contributed by atoms with Crippen molar-refractivity contribution < 1.29 is 9.53 Å². The van der Waals surface area contributed by atoms with Crippen LogP contribution in [-0.2, 0) is 11.3 Å². The van der Waals surface area contributed by atoms with Gasteiger partial charge in [-0.1, -0.05) is 18.3 Å². The number of amides is 1. The Bertz CT molecular complexity index is 973. The highest BCUT2D eigenvalue weighted by molar-refractivity contribution is 7.14. The molecule has 8 heteroatoms. The molecule has 0 saturated carbocycles. The van der Waals surface area contributed by atoms with Crippen molar-refractivity contribution in [3.05, 3.63) is 50.4 Å². The Labute approximate surface area is 171 Å². The Morgan fingerprint density at radius 1 is 1.21 bits per heavy atom. The Hall–Kier alpha value is -2.45. The van der Waals surface area contributed by atoms with Crippen LogP contribution in [0.15, 0.2) is 39.8 Å². The number of ether oxygens (including phenoxy) is 1. The van der Waals surface area contributed by atoms with Crippen LogP contribution >= 0.6 is 22.7 Å². The van der Waals surface area contributed by atoms with Crippen LogP contribution in [-0.4, -0.2) is 22.1 Å². The molecule has 28 heavy (non-hydrogen) atoms. The van der Waals surface area contributed by atoms with Gasteiger partial charge < -0.3 is 14.6 Å². The van der Waals surface area contributed by atoms with Crippen molar-refractivity contribution in [2.75, 3.05) is 11.9 Å². The molecule has 6 nitrogen and oxygen atoms in total. The normalized spacial score (nSPS) is 10.8. The van der Waals surface area contributed by atoms with Gasteiger partial charge in [-0.05, 0) is 44.0 Å². The van der Waals surface area contributed by atoms with Crippen molar-refractivity contribution in [2.45, 2.75) is 39.7 Å². The number of benzene rings is 1. The summed E-state index contributed by atoms with van der Waals surface area (Å²) in [5, 5.41) is 7.18. The molecule has 0 unspecified atom stereocenters. The number of rotatable bonds is 9. The van der Waals surface area contributed by atoms with Gasteiger partial charge in [-0.15, -0.1) is 11.3 Å². The number of carbonyl (C=O) groups excluding carboxylic acids is 1. The molecule has 148 valence electrons. The number of aryl methyl sites for hydroxylation is 1. The molecule has 2 aromatic heterocycles. The van der Waals surface area contributed by atoms with Crippen LogP contribution in [0.3, 0.4) is 0 Å². The third kappa shape index (κ3) is 5.30. The second-order valence-corrected chi connectivity index (χ2v) is 8.04. The zero-order chi connectivity index (χ0) is 19.9. The Morgan fingerprint density at radius 3 is 2.68 bits per heavy atom. The van der Waals surface area contributed by atoms with Crippen LogP contribution in [0.25, 0.3) is 11.3 Å². The summed E-state index contributed by atoms with van der Waals surface area (Å²) in [6, 6.07) is 7.78. The lowest BCUT2D eigenvalue weighted by molar-refractivity contribution is -0.116. The first kappa shape index (κ1) is 20.3. The largest absolute Gasteiger partial charge is 0.494 e. The van der Waals surface area contributed by atoms with E-state index in [1.54, 1.807) is 4.57 Å². The molecule has 0 radical (unpaired) electrons. The SMILES string of the molecule is CCCOc1ccc(-c2csc(NC(=O)CCCn3c(C)csc3=O)n2)cc1. The van der Waals surface area contributed by atoms with Crippen molar-refractivity contribution in [1.82, 2.24) is 9.55 Å². The van der Waals surface area contributed by atoms with Crippen molar-refractivity contribution in [1.29, 1.82) is 0 Å². The smallest absolute Gasteiger partial charge is 0.307 e. The van der Waals surface area contributed by atoms with Gasteiger partial charge >= 0.3 is 4.87 Å². The average Bonchev–Trinajstić information content (AvgIpc) is 3.28. The van der Waals surface area contributed by atoms with E-state index in [1.807, 2.05) is 41.9 Å². The van der Waals surface area contributed by atoms with E-state index < -0.39 is 0 Å². The van der Waals surface area contributed by atoms with E-state index in [4.69, 9.17) is 4.74 Å². The lowest BCUT2D eigenvalue weighted by atomic mass is 10.2. The van der Waals surface area contributed by atoms with Crippen LogP contribution in [0, 0.1) is 6.92 Å². The summed E-state index contributed by atoms with van der Waals surface area (Å²) < 4.78 is 7.29. The molecule has 0 atom stereocenters. The topological polar surface area (TPSA) is 73.2 Å². The quantitative estimate of drug-likeness (QED) is 0.554. The maximum Gasteiger partial charge on any atom is 0.307 e. The van der Waals surface area contributed by atoms with Gasteiger partial charge in [0.15, 0.2) is 5.13 Å². The number of aromatic nitrogens is 2. The molecule has 2 heterocycles. The van der Waals surface area contributed by atoms with Gasteiger partial charge in [0.1, 0.15) is 5.75 Å². The molecule has 0 aliphatic heterocycles. The number of carbonyl (C=O) groups is 1. The molecule has 0 saturated heterocycles. The average molecular weight is 418 g/mol. The summed E-state index contributed by atoms with van der Waals surface area (Å²) in [6.07, 6.45) is 1.93. The highest BCUT2D eigenvalue weighted by Gasteiger charge is 2.09. The molecular formula is C20H23N3O3S2. The molecular weight excluding hydrogens is 394 g/mol. The molecule has 1 N–H and O–H groups in total. The van der Waals surface area contributed by atoms with E-state index in [-0.39, 0.29) is 10.8 Å². The van der Waals surface area contributed by atoms with Crippen molar-refractivity contribution in [2.24, 2.45) is 0 Å². The van der Waals surface area contributed by atoms with Crippen molar-refractivity contribution >= 4 is 33.7 Å². The molecule has 0 bridgehead atoms. The Balaban J connectivity index is 1.51. The summed E-state index contributed by atoms with van der Waals surface area (Å²) in [6.45, 7) is 5.23. The van der Waals surface area contributed by atoms with Gasteiger partial charge in [0.25, 0.3) is 0 Å². The fourth-order valence-electron chi connectivity index (χ4n) is 2.66. The minimum Gasteiger partial charge on any atom is -0.494 e. The number of hydrogen-bond donors (Lipinski definition) is 1. The van der Waals surface area contributed by atoms with E-state index >= 15 is 0 Å². The van der Waals surface area contributed by atoms with Gasteiger partial charge in [0.2, 0.25) is 5.91 Å². The van der Waals surface area contributed by atoms with Crippen LogP contribution < -0.4 is 14.9 Å². The monoisotopic (exact) mass is 417 g/mol. The van der Waals surface area contributed by atoms with Crippen LogP contribution in [0.2, 0.25) is 0 Å². The molecule has 0 aliphatic rings. The van der Waals surface area contributed by atoms with Crippen LogP contribution in [0.5, 0.6) is 5.75 Å². The third-order valence-corrected chi connectivity index (χ3v) is 5.77. The minimum atomic E-state index is -0.0925. The number of hydrogen-bond acceptors (Lipinski definition) is 6. The summed E-state index contributed by atoms with van der Waals surface area (Å²) in [4.78, 5) is 28.4. The molecule has 3 aromatic rings. The molecule has 0 aliphatic carbocycles. The Morgan fingerprint density at radius 2 is 2.00 bits per heavy atom. The highest BCUT2D eigenvalue weighted by atomic mass is 32.1. The van der Waals surface area contributed by atoms with Crippen molar-refractivity contribution in [3.63, 3.8) is 0 Å². The van der Waals surface area contributed by atoms with Crippen LogP contribution in [0.4, 0.5) is 5.13 Å². The fraction of sp³-hybridized carbons (Fsp3) is 0.350. The predicted molar refractivity (Wildman–Crippen MR) is 115 cm³/mol. The fourth-order valence-corrected chi connectivity index (χ4v) is 4.16. The summed E-state index contributed by atoms with van der Waals surface area (Å²) in [5.41, 5.74) is 2.74. The van der Waals surface area contributed by atoms with Crippen LogP contribution in [0.1, 0.15) is 31.9 Å². The first-order chi connectivity index (χ1) is 13.6. The molecule has 1 aromatic carbocycles. The first-order valence-corrected chi connectivity index (χ1v) is 11.0. The highest BCUT2D eigenvalue weighted by Crippen LogP contribution is 2.26. The van der Waals surface area contributed by atoms with Crippen molar-refractivity contribution in [3.8, 4) is 17.0 Å². The zero-order valence-corrected chi connectivity index (χ0v) is 17.6. The number of nitrogens with one attached hydrogen (secondary N) is 1. The molecule has 0 fully saturated rings. The zero-order valence-electron chi connectivity index (χ0n) is 15.9. The lowest BCUT2D eigenvalue weighted by Gasteiger charge is -2.05.